The van der Waals surface area contributed by atoms with Gasteiger partial charge in [0.15, 0.2) is 0 Å². The second kappa shape index (κ2) is 6.38. The third-order valence-electron chi connectivity index (χ3n) is 3.36. The normalized spacial score (nSPS) is 12.5. The van der Waals surface area contributed by atoms with Gasteiger partial charge in [-0.05, 0) is 28.9 Å². The first-order valence-electron chi connectivity index (χ1n) is 6.94. The molecular formula is C16H28N2O. The number of methoxy groups -OCH3 is 1. The van der Waals surface area contributed by atoms with Crippen LogP contribution in [0.2, 0.25) is 0 Å². The molecule has 108 valence electrons. The zero-order valence-electron chi connectivity index (χ0n) is 13.2. The molecule has 1 aromatic rings. The summed E-state index contributed by atoms with van der Waals surface area (Å²) in [6.45, 7) is 12.8. The Kier molecular flexibility index (Phi) is 5.36. The maximum Gasteiger partial charge on any atom is 0.125 e. The van der Waals surface area contributed by atoms with Crippen LogP contribution in [-0.4, -0.2) is 25.2 Å². The highest BCUT2D eigenvalue weighted by atomic mass is 16.5. The van der Waals surface area contributed by atoms with Gasteiger partial charge in [0.05, 0.1) is 0 Å². The van der Waals surface area contributed by atoms with Crippen LogP contribution in [0.5, 0.6) is 0 Å². The van der Waals surface area contributed by atoms with E-state index in [1.54, 1.807) is 7.11 Å². The maximum absolute atomic E-state index is 5.14. The van der Waals surface area contributed by atoms with Crippen LogP contribution in [-0.2, 0) is 10.2 Å². The van der Waals surface area contributed by atoms with Gasteiger partial charge in [0.1, 0.15) is 5.82 Å². The van der Waals surface area contributed by atoms with Gasteiger partial charge in [-0.25, -0.2) is 4.98 Å². The Balaban J connectivity index is 2.54. The summed E-state index contributed by atoms with van der Waals surface area (Å²) in [4.78, 5) is 4.49. The van der Waals surface area contributed by atoms with E-state index in [-0.39, 0.29) is 10.8 Å². The zero-order valence-corrected chi connectivity index (χ0v) is 13.2. The summed E-state index contributed by atoms with van der Waals surface area (Å²) in [6.07, 6.45) is 3.00. The first-order chi connectivity index (χ1) is 8.74. The highest BCUT2D eigenvalue weighted by Gasteiger charge is 2.18. The number of nitrogens with zero attached hydrogens (tertiary/aromatic N) is 1. The van der Waals surface area contributed by atoms with Gasteiger partial charge in [-0.15, -0.1) is 0 Å². The fourth-order valence-electron chi connectivity index (χ4n) is 1.74. The topological polar surface area (TPSA) is 34.1 Å². The molecule has 1 rings (SSSR count). The molecule has 0 spiro atoms. The molecule has 1 N–H and O–H groups in total. The van der Waals surface area contributed by atoms with Gasteiger partial charge in [0, 0.05) is 26.5 Å². The molecule has 0 amide bonds. The van der Waals surface area contributed by atoms with Gasteiger partial charge >= 0.3 is 0 Å². The van der Waals surface area contributed by atoms with E-state index in [1.807, 2.05) is 6.20 Å². The summed E-state index contributed by atoms with van der Waals surface area (Å²) in [5.74, 6) is 0.943. The lowest BCUT2D eigenvalue weighted by Crippen LogP contribution is -2.25. The Morgan fingerprint density at radius 2 is 1.84 bits per heavy atom. The molecule has 0 aromatic carbocycles. The van der Waals surface area contributed by atoms with Crippen molar-refractivity contribution >= 4 is 5.82 Å². The van der Waals surface area contributed by atoms with Gasteiger partial charge in [-0.2, -0.15) is 0 Å². The van der Waals surface area contributed by atoms with Gasteiger partial charge < -0.3 is 10.1 Å². The molecule has 0 atom stereocenters. The predicted octanol–water partition coefficient (Wildman–Crippen LogP) is 3.85. The molecule has 3 nitrogen and oxygen atoms in total. The number of pyridine rings is 1. The maximum atomic E-state index is 5.14. The lowest BCUT2D eigenvalue weighted by atomic mass is 9.88. The second-order valence-electron chi connectivity index (χ2n) is 6.94. The number of ether oxygens (including phenoxy) is 1. The van der Waals surface area contributed by atoms with Crippen LogP contribution in [0.4, 0.5) is 5.82 Å². The van der Waals surface area contributed by atoms with Crippen LogP contribution in [0.1, 0.15) is 46.6 Å². The largest absolute Gasteiger partial charge is 0.385 e. The first-order valence-corrected chi connectivity index (χ1v) is 6.94. The standard InChI is InChI=1S/C16H28N2O/c1-15(2,3)13-7-8-14(17-11-13)18-12-16(4,5)9-10-19-6/h7-8,11H,9-10,12H2,1-6H3,(H,17,18). The number of rotatable bonds is 6. The molecule has 0 saturated carbocycles. The van der Waals surface area contributed by atoms with E-state index in [0.717, 1.165) is 25.4 Å². The Labute approximate surface area is 117 Å². The second-order valence-corrected chi connectivity index (χ2v) is 6.94. The molecular weight excluding hydrogens is 236 g/mol. The van der Waals surface area contributed by atoms with E-state index in [2.05, 4.69) is 57.1 Å². The minimum Gasteiger partial charge on any atom is -0.385 e. The quantitative estimate of drug-likeness (QED) is 0.847. The number of hydrogen-bond acceptors (Lipinski definition) is 3. The van der Waals surface area contributed by atoms with Crippen LogP contribution < -0.4 is 5.32 Å². The molecule has 0 radical (unpaired) electrons. The molecule has 3 heteroatoms. The van der Waals surface area contributed by atoms with Crippen molar-refractivity contribution in [2.45, 2.75) is 46.5 Å². The van der Waals surface area contributed by atoms with E-state index < -0.39 is 0 Å². The van der Waals surface area contributed by atoms with E-state index in [0.29, 0.717) is 0 Å². The summed E-state index contributed by atoms with van der Waals surface area (Å²) in [6, 6.07) is 4.21. The molecule has 0 bridgehead atoms. The average molecular weight is 264 g/mol. The van der Waals surface area contributed by atoms with Crippen molar-refractivity contribution in [3.05, 3.63) is 23.9 Å². The Hall–Kier alpha value is -1.09. The summed E-state index contributed by atoms with van der Waals surface area (Å²) in [7, 11) is 1.75. The summed E-state index contributed by atoms with van der Waals surface area (Å²) < 4.78 is 5.14. The lowest BCUT2D eigenvalue weighted by Gasteiger charge is -2.25. The fourth-order valence-corrected chi connectivity index (χ4v) is 1.74. The Morgan fingerprint density at radius 3 is 2.32 bits per heavy atom. The monoisotopic (exact) mass is 264 g/mol. The van der Waals surface area contributed by atoms with Crippen molar-refractivity contribution in [1.29, 1.82) is 0 Å². The Bertz CT molecular complexity index is 377. The van der Waals surface area contributed by atoms with Crippen molar-refractivity contribution < 1.29 is 4.74 Å². The summed E-state index contributed by atoms with van der Waals surface area (Å²) >= 11 is 0. The van der Waals surface area contributed by atoms with Crippen LogP contribution in [0.25, 0.3) is 0 Å². The highest BCUT2D eigenvalue weighted by molar-refractivity contribution is 5.37. The molecule has 19 heavy (non-hydrogen) atoms. The molecule has 0 aliphatic carbocycles. The van der Waals surface area contributed by atoms with E-state index >= 15 is 0 Å². The van der Waals surface area contributed by atoms with Gasteiger partial charge in [0.25, 0.3) is 0 Å². The summed E-state index contributed by atoms with van der Waals surface area (Å²) in [5, 5.41) is 3.41. The third-order valence-corrected chi connectivity index (χ3v) is 3.36. The third kappa shape index (κ3) is 5.60. The van der Waals surface area contributed by atoms with Crippen molar-refractivity contribution in [3.8, 4) is 0 Å². The lowest BCUT2D eigenvalue weighted by molar-refractivity contribution is 0.157. The minimum absolute atomic E-state index is 0.156. The molecule has 0 fully saturated rings. The zero-order chi connectivity index (χ0) is 14.5. The van der Waals surface area contributed by atoms with Crippen molar-refractivity contribution in [2.24, 2.45) is 5.41 Å². The van der Waals surface area contributed by atoms with Crippen molar-refractivity contribution in [3.63, 3.8) is 0 Å². The van der Waals surface area contributed by atoms with Crippen molar-refractivity contribution in [2.75, 3.05) is 25.6 Å². The average Bonchev–Trinajstić information content (AvgIpc) is 2.34. The number of aromatic nitrogens is 1. The SMILES string of the molecule is COCCC(C)(C)CNc1ccc(C(C)(C)C)cn1. The Morgan fingerprint density at radius 1 is 1.16 bits per heavy atom. The van der Waals surface area contributed by atoms with Crippen LogP contribution >= 0.6 is 0 Å². The molecule has 0 aliphatic heterocycles. The smallest absolute Gasteiger partial charge is 0.125 e. The van der Waals surface area contributed by atoms with E-state index in [4.69, 9.17) is 4.74 Å². The number of hydrogen-bond donors (Lipinski definition) is 1. The first kappa shape index (κ1) is 16.0. The molecule has 1 heterocycles. The molecule has 0 saturated heterocycles. The summed E-state index contributed by atoms with van der Waals surface area (Å²) in [5.41, 5.74) is 1.63. The highest BCUT2D eigenvalue weighted by Crippen LogP contribution is 2.23. The molecule has 0 aliphatic rings. The molecule has 1 aromatic heterocycles. The number of nitrogens with one attached hydrogen (secondary N) is 1. The number of anilines is 1. The van der Waals surface area contributed by atoms with Crippen molar-refractivity contribution in [1.82, 2.24) is 4.98 Å². The minimum atomic E-state index is 0.156. The van der Waals surface area contributed by atoms with E-state index in [9.17, 15) is 0 Å². The predicted molar refractivity (Wildman–Crippen MR) is 81.7 cm³/mol. The van der Waals surface area contributed by atoms with Crippen LogP contribution in [0, 0.1) is 5.41 Å². The van der Waals surface area contributed by atoms with Crippen LogP contribution in [0.15, 0.2) is 18.3 Å². The van der Waals surface area contributed by atoms with Gasteiger partial charge in [0.2, 0.25) is 0 Å². The van der Waals surface area contributed by atoms with Crippen LogP contribution in [0.3, 0.4) is 0 Å². The van der Waals surface area contributed by atoms with Gasteiger partial charge in [-0.1, -0.05) is 40.7 Å². The molecule has 0 unspecified atom stereocenters. The van der Waals surface area contributed by atoms with E-state index in [1.165, 1.54) is 5.56 Å². The fraction of sp³-hybridized carbons (Fsp3) is 0.688. The van der Waals surface area contributed by atoms with Gasteiger partial charge in [-0.3, -0.25) is 0 Å².